The van der Waals surface area contributed by atoms with Gasteiger partial charge in [0.05, 0.1) is 25.4 Å². The average Bonchev–Trinajstić information content (AvgIpc) is 3.48. The van der Waals surface area contributed by atoms with Crippen molar-refractivity contribution in [1.82, 2.24) is 5.32 Å². The SMILES string of the molecule is CCCCCCCC/C=C\CCCCCCCCCCCC(=O)OCCCCCCCCCCCCCCCCCCCCCCCCCCCCCCCCCCC(=O)NC(CO)C(O)CCCCCCCCCCCCCCCCC. The summed E-state index contributed by atoms with van der Waals surface area (Å²) < 4.78 is 5.52. The molecule has 2 atom stereocenters. The van der Waals surface area contributed by atoms with E-state index in [2.05, 4.69) is 31.3 Å². The van der Waals surface area contributed by atoms with E-state index >= 15 is 0 Å². The molecule has 0 aliphatic heterocycles. The van der Waals surface area contributed by atoms with Gasteiger partial charge in [0.15, 0.2) is 0 Å². The Morgan fingerprint density at radius 1 is 0.325 bits per heavy atom. The first-order valence-electron chi connectivity index (χ1n) is 38.4. The molecule has 1 amide bonds. The monoisotopic (exact) mass is 1170 g/mol. The number of hydrogen-bond acceptors (Lipinski definition) is 5. The van der Waals surface area contributed by atoms with Gasteiger partial charge in [-0.05, 0) is 51.4 Å². The molecule has 0 aliphatic carbocycles. The van der Waals surface area contributed by atoms with Crippen molar-refractivity contribution in [1.29, 1.82) is 0 Å². The Labute approximate surface area is 520 Å². The Bertz CT molecular complexity index is 1260. The summed E-state index contributed by atoms with van der Waals surface area (Å²) in [6.45, 7) is 5.00. The molecule has 6 heteroatoms. The minimum Gasteiger partial charge on any atom is -0.466 e. The van der Waals surface area contributed by atoms with Crippen LogP contribution < -0.4 is 5.32 Å². The summed E-state index contributed by atoms with van der Waals surface area (Å²) in [4.78, 5) is 24.6. The summed E-state index contributed by atoms with van der Waals surface area (Å²) in [7, 11) is 0. The van der Waals surface area contributed by atoms with Crippen molar-refractivity contribution in [2.24, 2.45) is 0 Å². The number of allylic oxidation sites excluding steroid dienone is 2. The highest BCUT2D eigenvalue weighted by Crippen LogP contribution is 2.20. The van der Waals surface area contributed by atoms with E-state index in [0.717, 1.165) is 38.5 Å². The quantitative estimate of drug-likeness (QED) is 0.0320. The highest BCUT2D eigenvalue weighted by Gasteiger charge is 2.20. The third-order valence-electron chi connectivity index (χ3n) is 18.3. The van der Waals surface area contributed by atoms with Gasteiger partial charge in [0.25, 0.3) is 0 Å². The number of esters is 1. The number of ether oxygens (including phenoxy) is 1. The van der Waals surface area contributed by atoms with Gasteiger partial charge in [0, 0.05) is 12.8 Å². The molecule has 0 heterocycles. The van der Waals surface area contributed by atoms with E-state index < -0.39 is 12.1 Å². The fourth-order valence-corrected chi connectivity index (χ4v) is 12.5. The van der Waals surface area contributed by atoms with Crippen LogP contribution in [0, 0.1) is 0 Å². The fraction of sp³-hybridized carbons (Fsp3) is 0.948. The molecule has 0 saturated heterocycles. The maximum absolute atomic E-state index is 12.5. The third-order valence-corrected chi connectivity index (χ3v) is 18.3. The van der Waals surface area contributed by atoms with Crippen LogP contribution in [0.25, 0.3) is 0 Å². The minimum absolute atomic E-state index is 0.0220. The van der Waals surface area contributed by atoms with Crippen LogP contribution in [-0.4, -0.2) is 47.4 Å². The summed E-state index contributed by atoms with van der Waals surface area (Å²) in [5, 5.41) is 23.4. The van der Waals surface area contributed by atoms with Gasteiger partial charge in [-0.1, -0.05) is 392 Å². The van der Waals surface area contributed by atoms with Crippen LogP contribution in [0.4, 0.5) is 0 Å². The number of amides is 1. The van der Waals surface area contributed by atoms with Crippen LogP contribution in [0.1, 0.15) is 444 Å². The Balaban J connectivity index is 3.30. The molecule has 0 fully saturated rings. The number of aliphatic hydroxyl groups excluding tert-OH is 2. The minimum atomic E-state index is -0.660. The first-order chi connectivity index (χ1) is 41.0. The molecule has 3 N–H and O–H groups in total. The van der Waals surface area contributed by atoms with Gasteiger partial charge in [-0.25, -0.2) is 0 Å². The molecule has 0 radical (unpaired) electrons. The summed E-state index contributed by atoms with van der Waals surface area (Å²) in [6, 6.07) is -0.537. The van der Waals surface area contributed by atoms with Crippen molar-refractivity contribution in [2.45, 2.75) is 456 Å². The summed E-state index contributed by atoms with van der Waals surface area (Å²) in [5.74, 6) is -0.00469. The molecule has 2 unspecified atom stereocenters. The second kappa shape index (κ2) is 73.1. The molecule has 0 saturated carbocycles. The van der Waals surface area contributed by atoms with Crippen molar-refractivity contribution in [3.63, 3.8) is 0 Å². The zero-order valence-corrected chi connectivity index (χ0v) is 56.7. The van der Waals surface area contributed by atoms with Crippen molar-refractivity contribution in [3.05, 3.63) is 12.2 Å². The van der Waals surface area contributed by atoms with E-state index in [0.29, 0.717) is 25.9 Å². The number of unbranched alkanes of at least 4 members (excludes halogenated alkanes) is 60. The average molecular weight is 1170 g/mol. The zero-order chi connectivity index (χ0) is 59.9. The number of rotatable bonds is 73. The molecule has 0 rings (SSSR count). The lowest BCUT2D eigenvalue weighted by molar-refractivity contribution is -0.143. The lowest BCUT2D eigenvalue weighted by Crippen LogP contribution is -2.45. The van der Waals surface area contributed by atoms with Crippen molar-refractivity contribution >= 4 is 11.9 Å². The molecular formula is C77H151NO5. The van der Waals surface area contributed by atoms with Gasteiger partial charge in [-0.2, -0.15) is 0 Å². The Morgan fingerprint density at radius 2 is 0.566 bits per heavy atom. The van der Waals surface area contributed by atoms with E-state index in [9.17, 15) is 19.8 Å². The first-order valence-corrected chi connectivity index (χ1v) is 38.4. The summed E-state index contributed by atoms with van der Waals surface area (Å²) >= 11 is 0. The molecule has 494 valence electrons. The van der Waals surface area contributed by atoms with Crippen LogP contribution in [-0.2, 0) is 14.3 Å². The number of nitrogens with one attached hydrogen (secondary N) is 1. The maximum Gasteiger partial charge on any atom is 0.305 e. The van der Waals surface area contributed by atoms with Crippen LogP contribution in [0.3, 0.4) is 0 Å². The lowest BCUT2D eigenvalue weighted by atomic mass is 10.0. The third kappa shape index (κ3) is 69.6. The molecular weight excluding hydrogens is 1020 g/mol. The van der Waals surface area contributed by atoms with Crippen molar-refractivity contribution < 1.29 is 24.5 Å². The number of aliphatic hydroxyl groups is 2. The zero-order valence-electron chi connectivity index (χ0n) is 56.7. The van der Waals surface area contributed by atoms with Gasteiger partial charge in [0.1, 0.15) is 0 Å². The van der Waals surface area contributed by atoms with E-state index in [4.69, 9.17) is 4.74 Å². The van der Waals surface area contributed by atoms with Crippen LogP contribution in [0.2, 0.25) is 0 Å². The van der Waals surface area contributed by atoms with Gasteiger partial charge >= 0.3 is 5.97 Å². The Kier molecular flexibility index (Phi) is 71.8. The highest BCUT2D eigenvalue weighted by atomic mass is 16.5. The molecule has 0 aromatic heterocycles. The largest absolute Gasteiger partial charge is 0.466 e. The van der Waals surface area contributed by atoms with Gasteiger partial charge in [-0.15, -0.1) is 0 Å². The van der Waals surface area contributed by atoms with Crippen molar-refractivity contribution in [3.8, 4) is 0 Å². The predicted octanol–water partition coefficient (Wildman–Crippen LogP) is 25.1. The van der Waals surface area contributed by atoms with E-state index in [-0.39, 0.29) is 18.5 Å². The van der Waals surface area contributed by atoms with E-state index in [1.54, 1.807) is 0 Å². The summed E-state index contributed by atoms with van der Waals surface area (Å²) in [5.41, 5.74) is 0. The summed E-state index contributed by atoms with van der Waals surface area (Å²) in [6.07, 6.45) is 91.5. The smallest absolute Gasteiger partial charge is 0.305 e. The molecule has 6 nitrogen and oxygen atoms in total. The predicted molar refractivity (Wildman–Crippen MR) is 366 cm³/mol. The molecule has 83 heavy (non-hydrogen) atoms. The van der Waals surface area contributed by atoms with E-state index in [1.807, 2.05) is 0 Å². The van der Waals surface area contributed by atoms with Crippen molar-refractivity contribution in [2.75, 3.05) is 13.2 Å². The number of hydrogen-bond donors (Lipinski definition) is 3. The maximum atomic E-state index is 12.5. The van der Waals surface area contributed by atoms with Gasteiger partial charge in [0.2, 0.25) is 5.91 Å². The number of carbonyl (C=O) groups is 2. The molecule has 0 bridgehead atoms. The normalized spacial score (nSPS) is 12.5. The second-order valence-electron chi connectivity index (χ2n) is 26.7. The van der Waals surface area contributed by atoms with Gasteiger partial charge < -0.3 is 20.3 Å². The van der Waals surface area contributed by atoms with Gasteiger partial charge in [-0.3, -0.25) is 9.59 Å². The number of carbonyl (C=O) groups excluding carboxylic acids is 2. The Hall–Kier alpha value is -1.40. The van der Waals surface area contributed by atoms with E-state index in [1.165, 1.54) is 372 Å². The Morgan fingerprint density at radius 3 is 0.855 bits per heavy atom. The first kappa shape index (κ1) is 81.6. The van der Waals surface area contributed by atoms with Crippen LogP contribution in [0.15, 0.2) is 12.2 Å². The highest BCUT2D eigenvalue weighted by molar-refractivity contribution is 5.76. The fourth-order valence-electron chi connectivity index (χ4n) is 12.5. The van der Waals surface area contributed by atoms with Crippen LogP contribution >= 0.6 is 0 Å². The molecule has 0 aromatic carbocycles. The molecule has 0 aromatic rings. The molecule has 0 spiro atoms. The standard InChI is InChI=1S/C77H151NO5/c1-3-5-7-9-11-13-15-17-19-20-35-39-43-47-51-55-59-63-67-71-77(82)83-72-68-64-60-56-52-48-44-40-37-34-32-30-28-26-24-22-21-23-25-27-29-31-33-36-38-42-46-50-54-58-62-66-70-76(81)78-74(73-79)75(80)69-65-61-57-53-49-45-41-18-16-14-12-10-8-6-4-2/h17,19,74-75,79-80H,3-16,18,20-73H2,1-2H3,(H,78,81)/b19-17-. The topological polar surface area (TPSA) is 95.9 Å². The lowest BCUT2D eigenvalue weighted by Gasteiger charge is -2.22. The van der Waals surface area contributed by atoms with Crippen LogP contribution in [0.5, 0.6) is 0 Å². The molecule has 0 aliphatic rings. The second-order valence-corrected chi connectivity index (χ2v) is 26.7.